The van der Waals surface area contributed by atoms with Gasteiger partial charge in [-0.1, -0.05) is 18.2 Å². The number of aromatic nitrogens is 1. The number of carbonyl (C=O) groups excluding carboxylic acids is 1. The molecule has 1 aromatic rings. The molecule has 1 fully saturated rings. The van der Waals surface area contributed by atoms with E-state index in [0.29, 0.717) is 13.0 Å². The molecule has 1 amide bonds. The molecule has 0 spiro atoms. The Morgan fingerprint density at radius 2 is 2.28 bits per heavy atom. The van der Waals surface area contributed by atoms with Gasteiger partial charge in [0.1, 0.15) is 0 Å². The maximum Gasteiger partial charge on any atom is 0.220 e. The molecule has 1 aliphatic rings. The number of amides is 1. The van der Waals surface area contributed by atoms with Crippen LogP contribution in [0.3, 0.4) is 0 Å². The minimum atomic E-state index is 0.124. The summed E-state index contributed by atoms with van der Waals surface area (Å²) in [5.74, 6) is 0.903. The summed E-state index contributed by atoms with van der Waals surface area (Å²) in [5, 5.41) is 2.90. The van der Waals surface area contributed by atoms with Crippen LogP contribution in [0.1, 0.15) is 37.8 Å². The summed E-state index contributed by atoms with van der Waals surface area (Å²) < 4.78 is 0. The molecule has 3 heteroatoms. The lowest BCUT2D eigenvalue weighted by Crippen LogP contribution is -2.23. The van der Waals surface area contributed by atoms with Crippen molar-refractivity contribution in [3.63, 3.8) is 0 Å². The van der Waals surface area contributed by atoms with E-state index in [9.17, 15) is 4.79 Å². The molecule has 2 rings (SSSR count). The Kier molecular flexibility index (Phi) is 4.51. The van der Waals surface area contributed by atoms with E-state index in [1.807, 2.05) is 18.2 Å². The summed E-state index contributed by atoms with van der Waals surface area (Å²) in [6.07, 6.45) is 6.81. The van der Waals surface area contributed by atoms with Crippen molar-refractivity contribution in [2.24, 2.45) is 5.92 Å². The predicted molar refractivity (Wildman–Crippen MR) is 71.8 cm³/mol. The molecular weight excluding hydrogens is 224 g/mol. The zero-order chi connectivity index (χ0) is 12.8. The Hall–Kier alpha value is -1.64. The van der Waals surface area contributed by atoms with Gasteiger partial charge in [0.15, 0.2) is 0 Å². The van der Waals surface area contributed by atoms with Gasteiger partial charge >= 0.3 is 0 Å². The van der Waals surface area contributed by atoms with Crippen LogP contribution in [0.5, 0.6) is 0 Å². The summed E-state index contributed by atoms with van der Waals surface area (Å²) in [4.78, 5) is 15.8. The number of rotatable bonds is 6. The fourth-order valence-corrected chi connectivity index (χ4v) is 2.29. The monoisotopic (exact) mass is 244 g/mol. The van der Waals surface area contributed by atoms with E-state index in [4.69, 9.17) is 0 Å². The third-order valence-corrected chi connectivity index (χ3v) is 3.36. The number of nitrogens with one attached hydrogen (secondary N) is 1. The van der Waals surface area contributed by atoms with Crippen molar-refractivity contribution < 1.29 is 4.79 Å². The van der Waals surface area contributed by atoms with E-state index >= 15 is 0 Å². The zero-order valence-corrected chi connectivity index (χ0v) is 10.7. The van der Waals surface area contributed by atoms with Crippen LogP contribution in [0.15, 0.2) is 36.5 Å². The Morgan fingerprint density at radius 1 is 1.44 bits per heavy atom. The first-order valence-electron chi connectivity index (χ1n) is 6.57. The SMILES string of the molecule is C=C1CC(CCCC(=O)NCc2ccccn2)C1. The van der Waals surface area contributed by atoms with Gasteiger partial charge in [-0.15, -0.1) is 0 Å². The lowest BCUT2D eigenvalue weighted by atomic mass is 9.78. The summed E-state index contributed by atoms with van der Waals surface area (Å²) in [5.41, 5.74) is 2.26. The van der Waals surface area contributed by atoms with Crippen molar-refractivity contribution in [2.45, 2.75) is 38.6 Å². The summed E-state index contributed by atoms with van der Waals surface area (Å²) in [6.45, 7) is 4.46. The molecule has 0 aliphatic heterocycles. The van der Waals surface area contributed by atoms with Crippen molar-refractivity contribution in [2.75, 3.05) is 0 Å². The van der Waals surface area contributed by atoms with Gasteiger partial charge in [0.05, 0.1) is 12.2 Å². The minimum absolute atomic E-state index is 0.124. The summed E-state index contributed by atoms with van der Waals surface area (Å²) >= 11 is 0. The first-order chi connectivity index (χ1) is 8.74. The molecule has 1 aliphatic carbocycles. The third kappa shape index (κ3) is 3.99. The van der Waals surface area contributed by atoms with E-state index < -0.39 is 0 Å². The lowest BCUT2D eigenvalue weighted by Gasteiger charge is -2.28. The largest absolute Gasteiger partial charge is 0.350 e. The number of carbonyl (C=O) groups is 1. The molecule has 0 bridgehead atoms. The average molecular weight is 244 g/mol. The fraction of sp³-hybridized carbons (Fsp3) is 0.467. The Balaban J connectivity index is 1.56. The Morgan fingerprint density at radius 3 is 2.94 bits per heavy atom. The molecule has 0 aromatic carbocycles. The second kappa shape index (κ2) is 6.34. The van der Waals surface area contributed by atoms with Gasteiger partial charge in [0, 0.05) is 12.6 Å². The number of allylic oxidation sites excluding steroid dienone is 1. The highest BCUT2D eigenvalue weighted by Gasteiger charge is 2.20. The van der Waals surface area contributed by atoms with E-state index in [-0.39, 0.29) is 5.91 Å². The van der Waals surface area contributed by atoms with Crippen LogP contribution < -0.4 is 5.32 Å². The van der Waals surface area contributed by atoms with Crippen molar-refractivity contribution in [3.05, 3.63) is 42.2 Å². The molecule has 1 heterocycles. The molecule has 0 unspecified atom stereocenters. The quantitative estimate of drug-likeness (QED) is 0.782. The molecule has 0 radical (unpaired) electrons. The van der Waals surface area contributed by atoms with Gasteiger partial charge in [0.2, 0.25) is 5.91 Å². The van der Waals surface area contributed by atoms with Gasteiger partial charge in [-0.2, -0.15) is 0 Å². The zero-order valence-electron chi connectivity index (χ0n) is 10.7. The van der Waals surface area contributed by atoms with Crippen LogP contribution >= 0.6 is 0 Å². The molecule has 1 N–H and O–H groups in total. The van der Waals surface area contributed by atoms with E-state index in [1.54, 1.807) is 6.20 Å². The molecule has 96 valence electrons. The summed E-state index contributed by atoms with van der Waals surface area (Å²) in [6, 6.07) is 5.72. The van der Waals surface area contributed by atoms with E-state index in [0.717, 1.165) is 37.3 Å². The molecule has 1 aromatic heterocycles. The van der Waals surface area contributed by atoms with Crippen LogP contribution in [0, 0.1) is 5.92 Å². The van der Waals surface area contributed by atoms with Crippen LogP contribution in [0.4, 0.5) is 0 Å². The second-order valence-electron chi connectivity index (χ2n) is 5.01. The van der Waals surface area contributed by atoms with Crippen LogP contribution in [0.2, 0.25) is 0 Å². The number of pyridine rings is 1. The number of hydrogen-bond acceptors (Lipinski definition) is 2. The fourth-order valence-electron chi connectivity index (χ4n) is 2.29. The van der Waals surface area contributed by atoms with Crippen LogP contribution in [-0.2, 0) is 11.3 Å². The topological polar surface area (TPSA) is 42.0 Å². The molecule has 0 saturated heterocycles. The maximum atomic E-state index is 11.6. The standard InChI is InChI=1S/C15H20N2O/c1-12-9-13(10-12)5-4-7-15(18)17-11-14-6-2-3-8-16-14/h2-3,6,8,13H,1,4-5,7,9-11H2,(H,17,18). The van der Waals surface area contributed by atoms with E-state index in [1.165, 1.54) is 5.57 Å². The second-order valence-corrected chi connectivity index (χ2v) is 5.01. The van der Waals surface area contributed by atoms with Gasteiger partial charge in [0.25, 0.3) is 0 Å². The smallest absolute Gasteiger partial charge is 0.220 e. The first kappa shape index (κ1) is 12.8. The van der Waals surface area contributed by atoms with Crippen molar-refractivity contribution in [1.29, 1.82) is 0 Å². The third-order valence-electron chi connectivity index (χ3n) is 3.36. The molecule has 0 atom stereocenters. The van der Waals surface area contributed by atoms with Gasteiger partial charge in [-0.25, -0.2) is 0 Å². The van der Waals surface area contributed by atoms with Crippen LogP contribution in [0.25, 0.3) is 0 Å². The van der Waals surface area contributed by atoms with Crippen LogP contribution in [-0.4, -0.2) is 10.9 Å². The highest BCUT2D eigenvalue weighted by molar-refractivity contribution is 5.75. The van der Waals surface area contributed by atoms with Gasteiger partial charge < -0.3 is 5.32 Å². The van der Waals surface area contributed by atoms with E-state index in [2.05, 4.69) is 16.9 Å². The predicted octanol–water partition coefficient (Wildman–Crippen LogP) is 2.83. The van der Waals surface area contributed by atoms with Crippen molar-refractivity contribution in [1.82, 2.24) is 10.3 Å². The number of nitrogens with zero attached hydrogens (tertiary/aromatic N) is 1. The highest BCUT2D eigenvalue weighted by Crippen LogP contribution is 2.34. The molecule has 1 saturated carbocycles. The minimum Gasteiger partial charge on any atom is -0.350 e. The maximum absolute atomic E-state index is 11.6. The molecule has 18 heavy (non-hydrogen) atoms. The highest BCUT2D eigenvalue weighted by atomic mass is 16.1. The molecule has 3 nitrogen and oxygen atoms in total. The lowest BCUT2D eigenvalue weighted by molar-refractivity contribution is -0.121. The average Bonchev–Trinajstić information content (AvgIpc) is 2.35. The Labute approximate surface area is 108 Å². The normalized spacial score (nSPS) is 15.2. The number of hydrogen-bond donors (Lipinski definition) is 1. The first-order valence-corrected chi connectivity index (χ1v) is 6.57. The van der Waals surface area contributed by atoms with Crippen molar-refractivity contribution >= 4 is 5.91 Å². The van der Waals surface area contributed by atoms with Gasteiger partial charge in [-0.3, -0.25) is 9.78 Å². The molecular formula is C15H20N2O. The van der Waals surface area contributed by atoms with Crippen molar-refractivity contribution in [3.8, 4) is 0 Å². The van der Waals surface area contributed by atoms with Gasteiger partial charge in [-0.05, 0) is 43.7 Å². The summed E-state index contributed by atoms with van der Waals surface area (Å²) in [7, 11) is 0. The Bertz CT molecular complexity index is 406.